The maximum absolute atomic E-state index is 11.6. The quantitative estimate of drug-likeness (QED) is 0.687. The number of H-pyrrole nitrogens is 1. The van der Waals surface area contributed by atoms with Crippen molar-refractivity contribution in [3.63, 3.8) is 0 Å². The van der Waals surface area contributed by atoms with Crippen LogP contribution < -0.4 is 4.72 Å². The fourth-order valence-electron chi connectivity index (χ4n) is 1.26. The molecule has 0 spiro atoms. The summed E-state index contributed by atoms with van der Waals surface area (Å²) >= 11 is 0. The van der Waals surface area contributed by atoms with Crippen molar-refractivity contribution < 1.29 is 17.9 Å². The van der Waals surface area contributed by atoms with E-state index < -0.39 is 16.0 Å². The molecule has 1 heterocycles. The topological polar surface area (TPSA) is 101 Å². The summed E-state index contributed by atoms with van der Waals surface area (Å²) < 4.78 is 30.3. The first-order valence-corrected chi connectivity index (χ1v) is 7.21. The van der Waals surface area contributed by atoms with Crippen LogP contribution in [0.2, 0.25) is 0 Å². The molecule has 0 saturated heterocycles. The molecular weight excluding hydrogens is 258 g/mol. The van der Waals surface area contributed by atoms with Crippen LogP contribution in [0.25, 0.3) is 0 Å². The number of aromatic amines is 1. The molecule has 0 radical (unpaired) electrons. The number of carbonyl (C=O) groups is 1. The molecule has 7 nitrogen and oxygen atoms in total. The number of nitrogens with one attached hydrogen (secondary N) is 2. The molecule has 0 aromatic carbocycles. The first-order valence-electron chi connectivity index (χ1n) is 5.56. The number of aromatic nitrogens is 2. The standard InChI is InChI=1S/C10H17N3O4S/c1-3-17-10(14)4-5-18(15,16)12-7-9-6-11-13-8(9)2/h6,12H,3-5,7H2,1-2H3,(H,11,13). The molecule has 1 aromatic rings. The van der Waals surface area contributed by atoms with Crippen LogP contribution in [0.3, 0.4) is 0 Å². The Kier molecular flexibility index (Phi) is 5.29. The lowest BCUT2D eigenvalue weighted by molar-refractivity contribution is -0.142. The Bertz CT molecular complexity index is 495. The van der Waals surface area contributed by atoms with E-state index in [2.05, 4.69) is 19.7 Å². The van der Waals surface area contributed by atoms with E-state index in [0.717, 1.165) is 11.3 Å². The molecule has 102 valence electrons. The van der Waals surface area contributed by atoms with Gasteiger partial charge in [0, 0.05) is 17.8 Å². The van der Waals surface area contributed by atoms with Crippen molar-refractivity contribution in [1.29, 1.82) is 0 Å². The number of rotatable bonds is 7. The molecule has 0 aliphatic heterocycles. The Morgan fingerprint density at radius 3 is 2.83 bits per heavy atom. The monoisotopic (exact) mass is 275 g/mol. The van der Waals surface area contributed by atoms with E-state index >= 15 is 0 Å². The fourth-order valence-corrected chi connectivity index (χ4v) is 2.22. The normalized spacial score (nSPS) is 11.4. The highest BCUT2D eigenvalue weighted by molar-refractivity contribution is 7.89. The maximum Gasteiger partial charge on any atom is 0.306 e. The number of nitrogens with zero attached hydrogens (tertiary/aromatic N) is 1. The molecule has 0 aliphatic rings. The Hall–Kier alpha value is -1.41. The zero-order valence-electron chi connectivity index (χ0n) is 10.4. The van der Waals surface area contributed by atoms with Crippen LogP contribution in [0, 0.1) is 6.92 Å². The summed E-state index contributed by atoms with van der Waals surface area (Å²) in [6.45, 7) is 3.88. The van der Waals surface area contributed by atoms with Gasteiger partial charge in [-0.3, -0.25) is 9.89 Å². The molecule has 0 atom stereocenters. The van der Waals surface area contributed by atoms with Gasteiger partial charge in [0.2, 0.25) is 10.0 Å². The minimum atomic E-state index is -3.48. The molecule has 1 rings (SSSR count). The second-order valence-electron chi connectivity index (χ2n) is 3.72. The second-order valence-corrected chi connectivity index (χ2v) is 5.64. The van der Waals surface area contributed by atoms with E-state index in [1.54, 1.807) is 20.0 Å². The van der Waals surface area contributed by atoms with E-state index in [0.29, 0.717) is 0 Å². The van der Waals surface area contributed by atoms with Crippen molar-refractivity contribution >= 4 is 16.0 Å². The molecule has 0 unspecified atom stereocenters. The Morgan fingerprint density at radius 2 is 2.28 bits per heavy atom. The van der Waals surface area contributed by atoms with E-state index in [4.69, 9.17) is 0 Å². The van der Waals surface area contributed by atoms with Gasteiger partial charge in [-0.25, -0.2) is 13.1 Å². The third kappa shape index (κ3) is 4.84. The van der Waals surface area contributed by atoms with Crippen molar-refractivity contribution in [2.75, 3.05) is 12.4 Å². The molecule has 0 bridgehead atoms. The third-order valence-electron chi connectivity index (χ3n) is 2.30. The molecular formula is C10H17N3O4S. The lowest BCUT2D eigenvalue weighted by Crippen LogP contribution is -2.27. The van der Waals surface area contributed by atoms with E-state index in [-0.39, 0.29) is 25.3 Å². The van der Waals surface area contributed by atoms with Gasteiger partial charge < -0.3 is 4.74 Å². The first-order chi connectivity index (χ1) is 8.44. The summed E-state index contributed by atoms with van der Waals surface area (Å²) in [5, 5.41) is 6.50. The van der Waals surface area contributed by atoms with Gasteiger partial charge in [0.15, 0.2) is 0 Å². The summed E-state index contributed by atoms with van der Waals surface area (Å²) in [4.78, 5) is 11.0. The molecule has 0 fully saturated rings. The highest BCUT2D eigenvalue weighted by Gasteiger charge is 2.14. The van der Waals surface area contributed by atoms with E-state index in [9.17, 15) is 13.2 Å². The van der Waals surface area contributed by atoms with Crippen molar-refractivity contribution in [1.82, 2.24) is 14.9 Å². The van der Waals surface area contributed by atoms with Gasteiger partial charge in [0.1, 0.15) is 0 Å². The Morgan fingerprint density at radius 1 is 1.56 bits per heavy atom. The second kappa shape index (κ2) is 6.50. The predicted molar refractivity (Wildman–Crippen MR) is 65.2 cm³/mol. The van der Waals surface area contributed by atoms with Crippen LogP contribution in [0.5, 0.6) is 0 Å². The predicted octanol–water partition coefficient (Wildman–Crippen LogP) is 0.0907. The molecule has 1 aromatic heterocycles. The number of carbonyl (C=O) groups excluding carboxylic acids is 1. The summed E-state index contributed by atoms with van der Waals surface area (Å²) in [5.41, 5.74) is 1.58. The zero-order valence-corrected chi connectivity index (χ0v) is 11.2. The van der Waals surface area contributed by atoms with Gasteiger partial charge in [-0.05, 0) is 13.8 Å². The van der Waals surface area contributed by atoms with Crippen LogP contribution in [0.4, 0.5) is 0 Å². The molecule has 0 aliphatic carbocycles. The maximum atomic E-state index is 11.6. The van der Waals surface area contributed by atoms with Crippen LogP contribution in [0.1, 0.15) is 24.6 Å². The van der Waals surface area contributed by atoms with E-state index in [1.807, 2.05) is 0 Å². The highest BCUT2D eigenvalue weighted by Crippen LogP contribution is 2.03. The largest absolute Gasteiger partial charge is 0.466 e. The van der Waals surface area contributed by atoms with Crippen molar-refractivity contribution in [3.8, 4) is 0 Å². The smallest absolute Gasteiger partial charge is 0.306 e. The SMILES string of the molecule is CCOC(=O)CCS(=O)(=O)NCc1cn[nH]c1C. The molecule has 0 saturated carbocycles. The fraction of sp³-hybridized carbons (Fsp3) is 0.600. The summed E-state index contributed by atoms with van der Waals surface area (Å²) in [5.74, 6) is -0.787. The lowest BCUT2D eigenvalue weighted by atomic mass is 10.3. The van der Waals surface area contributed by atoms with Crippen molar-refractivity contribution in [2.24, 2.45) is 0 Å². The molecule has 18 heavy (non-hydrogen) atoms. The number of esters is 1. The van der Waals surface area contributed by atoms with Crippen molar-refractivity contribution in [3.05, 3.63) is 17.5 Å². The first kappa shape index (κ1) is 14.7. The summed E-state index contributed by atoms with van der Waals surface area (Å²) in [6, 6.07) is 0. The average Bonchev–Trinajstić information content (AvgIpc) is 2.71. The molecule has 8 heteroatoms. The summed E-state index contributed by atoms with van der Waals surface area (Å²) in [7, 11) is -3.48. The van der Waals surface area contributed by atoms with Gasteiger partial charge in [-0.2, -0.15) is 5.10 Å². The molecule has 2 N–H and O–H groups in total. The van der Waals surface area contributed by atoms with Gasteiger partial charge in [0.25, 0.3) is 0 Å². The van der Waals surface area contributed by atoms with Crippen molar-refractivity contribution in [2.45, 2.75) is 26.8 Å². The van der Waals surface area contributed by atoms with Gasteiger partial charge in [0.05, 0.1) is 25.0 Å². The van der Waals surface area contributed by atoms with Gasteiger partial charge in [-0.1, -0.05) is 0 Å². The van der Waals surface area contributed by atoms with Gasteiger partial charge in [-0.15, -0.1) is 0 Å². The van der Waals surface area contributed by atoms with Crippen LogP contribution in [-0.2, 0) is 26.1 Å². The van der Waals surface area contributed by atoms with Crippen LogP contribution >= 0.6 is 0 Å². The number of ether oxygens (including phenoxy) is 1. The average molecular weight is 275 g/mol. The van der Waals surface area contributed by atoms with Gasteiger partial charge >= 0.3 is 5.97 Å². The van der Waals surface area contributed by atoms with E-state index in [1.165, 1.54) is 0 Å². The van der Waals surface area contributed by atoms with Crippen LogP contribution in [0.15, 0.2) is 6.20 Å². The number of hydrogen-bond donors (Lipinski definition) is 2. The molecule has 0 amide bonds. The third-order valence-corrected chi connectivity index (χ3v) is 3.62. The Labute approximate surface area is 106 Å². The number of hydrogen-bond acceptors (Lipinski definition) is 5. The minimum absolute atomic E-state index is 0.145. The highest BCUT2D eigenvalue weighted by atomic mass is 32.2. The van der Waals surface area contributed by atoms with Crippen LogP contribution in [-0.4, -0.2) is 36.9 Å². The lowest BCUT2D eigenvalue weighted by Gasteiger charge is -2.06. The summed E-state index contributed by atoms with van der Waals surface area (Å²) in [6.07, 6.45) is 1.41. The number of sulfonamides is 1. The Balaban J connectivity index is 2.41. The number of aryl methyl sites for hydroxylation is 1. The zero-order chi connectivity index (χ0) is 13.6. The minimum Gasteiger partial charge on any atom is -0.466 e.